The zero-order valence-corrected chi connectivity index (χ0v) is 17.6. The average Bonchev–Trinajstić information content (AvgIpc) is 2.63. The van der Waals surface area contributed by atoms with E-state index in [1.54, 1.807) is 0 Å². The second-order valence-corrected chi connectivity index (χ2v) is 9.03. The summed E-state index contributed by atoms with van der Waals surface area (Å²) < 4.78 is 42.4. The minimum Gasteiger partial charge on any atom is -0.453 e. The zero-order valence-electron chi connectivity index (χ0n) is 16.8. The number of sulfone groups is 1. The van der Waals surface area contributed by atoms with Crippen molar-refractivity contribution in [3.05, 3.63) is 58.9 Å². The second-order valence-electron chi connectivity index (χ2n) is 6.92. The molecule has 2 aromatic carbocycles. The van der Waals surface area contributed by atoms with E-state index in [1.165, 1.54) is 6.92 Å². The highest BCUT2D eigenvalue weighted by Gasteiger charge is 2.22. The Labute approximate surface area is 170 Å². The van der Waals surface area contributed by atoms with Gasteiger partial charge in [-0.2, -0.15) is 0 Å². The van der Waals surface area contributed by atoms with E-state index in [0.717, 1.165) is 41.0 Å². The number of hydrogen-bond acceptors (Lipinski definition) is 5. The van der Waals surface area contributed by atoms with Crippen LogP contribution in [0.5, 0.6) is 0 Å². The maximum atomic E-state index is 12.9. The van der Waals surface area contributed by atoms with Crippen LogP contribution in [-0.2, 0) is 24.2 Å². The molecule has 0 saturated heterocycles. The number of anilines is 1. The molecule has 0 unspecified atom stereocenters. The van der Waals surface area contributed by atoms with E-state index in [4.69, 9.17) is 4.74 Å². The number of rotatable bonds is 7. The SMILES string of the molecule is Cc1cc(C)c(NC(=O)[C@H](C)OC(=O)CCS(=O)(=O)c2ccc(F)cc2)c(C)c1. The minimum absolute atomic E-state index is 0.0807. The van der Waals surface area contributed by atoms with Gasteiger partial charge in [-0.15, -0.1) is 0 Å². The van der Waals surface area contributed by atoms with Crippen LogP contribution in [0.15, 0.2) is 41.3 Å². The summed E-state index contributed by atoms with van der Waals surface area (Å²) >= 11 is 0. The lowest BCUT2D eigenvalue weighted by molar-refractivity contribution is -0.152. The van der Waals surface area contributed by atoms with E-state index in [9.17, 15) is 22.4 Å². The first kappa shape index (κ1) is 22.5. The van der Waals surface area contributed by atoms with Crippen molar-refractivity contribution < 1.29 is 27.1 Å². The van der Waals surface area contributed by atoms with E-state index in [-0.39, 0.29) is 4.90 Å². The van der Waals surface area contributed by atoms with E-state index in [0.29, 0.717) is 5.69 Å². The molecule has 8 heteroatoms. The maximum Gasteiger partial charge on any atom is 0.307 e. The van der Waals surface area contributed by atoms with Crippen LogP contribution in [-0.4, -0.2) is 32.2 Å². The number of carbonyl (C=O) groups excluding carboxylic acids is 2. The van der Waals surface area contributed by atoms with E-state index in [1.807, 2.05) is 32.9 Å². The largest absolute Gasteiger partial charge is 0.453 e. The summed E-state index contributed by atoms with van der Waals surface area (Å²) in [5.74, 6) is -2.37. The molecule has 0 aliphatic heterocycles. The number of esters is 1. The number of amides is 1. The van der Waals surface area contributed by atoms with Gasteiger partial charge in [-0.05, 0) is 63.1 Å². The molecule has 2 aromatic rings. The molecule has 1 N–H and O–H groups in total. The number of aryl methyl sites for hydroxylation is 3. The van der Waals surface area contributed by atoms with Crippen LogP contribution in [0.3, 0.4) is 0 Å². The van der Waals surface area contributed by atoms with Gasteiger partial charge >= 0.3 is 5.97 Å². The van der Waals surface area contributed by atoms with Gasteiger partial charge in [-0.25, -0.2) is 12.8 Å². The van der Waals surface area contributed by atoms with Crippen molar-refractivity contribution in [2.24, 2.45) is 0 Å². The lowest BCUT2D eigenvalue weighted by atomic mass is 10.0. The molecular formula is C21H24FNO5S. The van der Waals surface area contributed by atoms with Crippen molar-refractivity contribution in [3.8, 4) is 0 Å². The van der Waals surface area contributed by atoms with Gasteiger partial charge in [0.15, 0.2) is 15.9 Å². The molecule has 0 saturated carbocycles. The van der Waals surface area contributed by atoms with Gasteiger partial charge in [0, 0.05) is 5.69 Å². The van der Waals surface area contributed by atoms with Crippen molar-refractivity contribution in [3.63, 3.8) is 0 Å². The predicted octanol–water partition coefficient (Wildman–Crippen LogP) is 3.49. The first-order valence-electron chi connectivity index (χ1n) is 9.06. The molecule has 0 bridgehead atoms. The number of hydrogen-bond donors (Lipinski definition) is 1. The first-order chi connectivity index (χ1) is 13.5. The van der Waals surface area contributed by atoms with Crippen LogP contribution in [0.2, 0.25) is 0 Å². The van der Waals surface area contributed by atoms with Gasteiger partial charge in [-0.3, -0.25) is 9.59 Å². The maximum absolute atomic E-state index is 12.9. The lowest BCUT2D eigenvalue weighted by Gasteiger charge is -2.17. The summed E-state index contributed by atoms with van der Waals surface area (Å²) in [6.45, 7) is 7.11. The summed E-state index contributed by atoms with van der Waals surface area (Å²) in [4.78, 5) is 24.3. The van der Waals surface area contributed by atoms with Crippen molar-refractivity contribution in [1.82, 2.24) is 0 Å². The fraction of sp³-hybridized carbons (Fsp3) is 0.333. The lowest BCUT2D eigenvalue weighted by Crippen LogP contribution is -2.31. The van der Waals surface area contributed by atoms with Gasteiger partial charge in [0.25, 0.3) is 5.91 Å². The van der Waals surface area contributed by atoms with Gasteiger partial charge < -0.3 is 10.1 Å². The average molecular weight is 421 g/mol. The van der Waals surface area contributed by atoms with Gasteiger partial charge in [0.1, 0.15) is 5.82 Å². The van der Waals surface area contributed by atoms with E-state index >= 15 is 0 Å². The Balaban J connectivity index is 1.93. The third-order valence-corrected chi connectivity index (χ3v) is 6.08. The number of benzene rings is 2. The highest BCUT2D eigenvalue weighted by Crippen LogP contribution is 2.22. The Hall–Kier alpha value is -2.74. The Kier molecular flexibility index (Phi) is 7.13. The molecule has 1 atom stereocenters. The van der Waals surface area contributed by atoms with Gasteiger partial charge in [0.2, 0.25) is 0 Å². The standard InChI is InChI=1S/C21H24FNO5S/c1-13-11-14(2)20(15(3)12-13)23-21(25)16(4)28-19(24)9-10-29(26,27)18-7-5-17(22)6-8-18/h5-8,11-12,16H,9-10H2,1-4H3,(H,23,25)/t16-/m0/s1. The Bertz CT molecular complexity index is 993. The number of ether oxygens (including phenoxy) is 1. The number of carbonyl (C=O) groups is 2. The third kappa shape index (κ3) is 6.12. The molecule has 6 nitrogen and oxygen atoms in total. The highest BCUT2D eigenvalue weighted by molar-refractivity contribution is 7.91. The summed E-state index contributed by atoms with van der Waals surface area (Å²) in [7, 11) is -3.76. The van der Waals surface area contributed by atoms with Crippen LogP contribution in [0, 0.1) is 26.6 Å². The van der Waals surface area contributed by atoms with Gasteiger partial charge in [-0.1, -0.05) is 17.7 Å². The molecule has 0 fully saturated rings. The predicted molar refractivity (Wildman–Crippen MR) is 108 cm³/mol. The zero-order chi connectivity index (χ0) is 21.8. The van der Waals surface area contributed by atoms with Crippen LogP contribution in [0.25, 0.3) is 0 Å². The molecule has 0 radical (unpaired) electrons. The Morgan fingerprint density at radius 2 is 1.62 bits per heavy atom. The number of nitrogens with one attached hydrogen (secondary N) is 1. The van der Waals surface area contributed by atoms with Crippen LogP contribution >= 0.6 is 0 Å². The summed E-state index contributed by atoms with van der Waals surface area (Å²) in [6, 6.07) is 8.20. The van der Waals surface area contributed by atoms with Crippen molar-refractivity contribution in [2.75, 3.05) is 11.1 Å². The molecule has 156 valence electrons. The van der Waals surface area contributed by atoms with Crippen LogP contribution in [0.1, 0.15) is 30.0 Å². The first-order valence-corrected chi connectivity index (χ1v) is 10.7. The summed E-state index contributed by atoms with van der Waals surface area (Å²) in [5.41, 5.74) is 3.50. The summed E-state index contributed by atoms with van der Waals surface area (Å²) in [6.07, 6.45) is -1.50. The topological polar surface area (TPSA) is 89.5 Å². The molecule has 0 aliphatic rings. The Morgan fingerprint density at radius 3 is 2.17 bits per heavy atom. The van der Waals surface area contributed by atoms with Crippen LogP contribution < -0.4 is 5.32 Å². The van der Waals surface area contributed by atoms with Crippen molar-refractivity contribution in [1.29, 1.82) is 0 Å². The molecule has 0 aliphatic carbocycles. The molecule has 1 amide bonds. The number of halogens is 1. The minimum atomic E-state index is -3.76. The van der Waals surface area contributed by atoms with E-state index in [2.05, 4.69) is 5.32 Å². The normalized spacial score (nSPS) is 12.3. The Morgan fingerprint density at radius 1 is 1.07 bits per heavy atom. The highest BCUT2D eigenvalue weighted by atomic mass is 32.2. The third-order valence-electron chi connectivity index (χ3n) is 4.35. The molecule has 0 heterocycles. The molecule has 29 heavy (non-hydrogen) atoms. The molecular weight excluding hydrogens is 397 g/mol. The quantitative estimate of drug-likeness (QED) is 0.546. The van der Waals surface area contributed by atoms with Crippen molar-refractivity contribution >= 4 is 27.4 Å². The monoisotopic (exact) mass is 421 g/mol. The fourth-order valence-corrected chi connectivity index (χ4v) is 4.11. The fourth-order valence-electron chi connectivity index (χ4n) is 2.89. The summed E-state index contributed by atoms with van der Waals surface area (Å²) in [5, 5.41) is 2.74. The molecule has 0 spiro atoms. The molecule has 0 aromatic heterocycles. The van der Waals surface area contributed by atoms with Crippen LogP contribution in [0.4, 0.5) is 10.1 Å². The van der Waals surface area contributed by atoms with Crippen molar-refractivity contribution in [2.45, 2.75) is 45.1 Å². The van der Waals surface area contributed by atoms with E-state index < -0.39 is 45.8 Å². The second kappa shape index (κ2) is 9.17. The van der Waals surface area contributed by atoms with Gasteiger partial charge in [0.05, 0.1) is 17.1 Å². The smallest absolute Gasteiger partial charge is 0.307 e. The molecule has 2 rings (SSSR count).